The highest BCUT2D eigenvalue weighted by Gasteiger charge is 2.43. The van der Waals surface area contributed by atoms with Crippen molar-refractivity contribution in [3.05, 3.63) is 71.8 Å². The van der Waals surface area contributed by atoms with E-state index in [9.17, 15) is 15.0 Å². The largest absolute Gasteiger partial charge is 0.537 e. The third-order valence-corrected chi connectivity index (χ3v) is 4.98. The van der Waals surface area contributed by atoms with Gasteiger partial charge in [0.2, 0.25) is 0 Å². The molecule has 1 fully saturated rings. The standard InChI is InChI=1S/C21H20O3/c22-19(23)11-12-20(24)13-15-21(16-14-20,17-7-3-1-4-8-17)18-9-5-2-6-10-18/h1-10,24H,13-16H2,(H,22,23)/p-1. The van der Waals surface area contributed by atoms with Crippen molar-refractivity contribution < 1.29 is 15.0 Å². The van der Waals surface area contributed by atoms with Gasteiger partial charge in [0.05, 0.1) is 0 Å². The van der Waals surface area contributed by atoms with Crippen molar-refractivity contribution >= 4 is 5.97 Å². The Hall–Kier alpha value is -2.57. The molecule has 2 aromatic carbocycles. The average Bonchev–Trinajstić information content (AvgIpc) is 2.63. The lowest BCUT2D eigenvalue weighted by atomic mass is 9.62. The van der Waals surface area contributed by atoms with E-state index in [0.717, 1.165) is 0 Å². The predicted molar refractivity (Wildman–Crippen MR) is 89.9 cm³/mol. The summed E-state index contributed by atoms with van der Waals surface area (Å²) in [5, 5.41) is 21.1. The fraction of sp³-hybridized carbons (Fsp3) is 0.286. The topological polar surface area (TPSA) is 60.4 Å². The first-order valence-electron chi connectivity index (χ1n) is 8.12. The molecule has 0 atom stereocenters. The van der Waals surface area contributed by atoms with Crippen molar-refractivity contribution in [1.82, 2.24) is 0 Å². The van der Waals surface area contributed by atoms with E-state index in [0.29, 0.717) is 25.7 Å². The van der Waals surface area contributed by atoms with Gasteiger partial charge in [0.1, 0.15) is 11.6 Å². The molecule has 3 rings (SSSR count). The maximum Gasteiger partial charge on any atom is 0.126 e. The molecule has 0 bridgehead atoms. The van der Waals surface area contributed by atoms with Crippen LogP contribution in [0.3, 0.4) is 0 Å². The lowest BCUT2D eigenvalue weighted by molar-refractivity contribution is -0.296. The van der Waals surface area contributed by atoms with Crippen LogP contribution in [-0.4, -0.2) is 16.7 Å². The Morgan fingerprint density at radius 1 is 0.875 bits per heavy atom. The number of rotatable bonds is 2. The first-order valence-corrected chi connectivity index (χ1v) is 8.12. The lowest BCUT2D eigenvalue weighted by Crippen LogP contribution is -2.41. The van der Waals surface area contributed by atoms with Gasteiger partial charge in [-0.3, -0.25) is 0 Å². The second kappa shape index (κ2) is 6.51. The minimum atomic E-state index is -1.45. The first kappa shape index (κ1) is 16.3. The summed E-state index contributed by atoms with van der Waals surface area (Å²) >= 11 is 0. The highest BCUT2D eigenvalue weighted by Crippen LogP contribution is 2.47. The number of aliphatic carboxylic acids is 1. The number of benzene rings is 2. The van der Waals surface area contributed by atoms with Gasteiger partial charge in [-0.2, -0.15) is 0 Å². The number of carboxylic acids is 1. The highest BCUT2D eigenvalue weighted by molar-refractivity contribution is 5.84. The summed E-state index contributed by atoms with van der Waals surface area (Å²) in [5.74, 6) is 3.00. The Kier molecular flexibility index (Phi) is 4.42. The van der Waals surface area contributed by atoms with E-state index < -0.39 is 11.6 Å². The predicted octanol–water partition coefficient (Wildman–Crippen LogP) is 2.03. The molecule has 122 valence electrons. The molecule has 0 aromatic heterocycles. The van der Waals surface area contributed by atoms with E-state index >= 15 is 0 Å². The van der Waals surface area contributed by atoms with E-state index in [-0.39, 0.29) is 5.41 Å². The van der Waals surface area contributed by atoms with Gasteiger partial charge in [0.25, 0.3) is 0 Å². The lowest BCUT2D eigenvalue weighted by Gasteiger charge is -2.43. The van der Waals surface area contributed by atoms with Crippen LogP contribution >= 0.6 is 0 Å². The third kappa shape index (κ3) is 3.20. The van der Waals surface area contributed by atoms with Gasteiger partial charge in [-0.05, 0) is 42.7 Å². The monoisotopic (exact) mass is 319 g/mol. The molecule has 24 heavy (non-hydrogen) atoms. The maximum atomic E-state index is 10.6. The second-order valence-corrected chi connectivity index (χ2v) is 6.38. The van der Waals surface area contributed by atoms with E-state index in [1.54, 1.807) is 0 Å². The van der Waals surface area contributed by atoms with E-state index in [4.69, 9.17) is 0 Å². The zero-order valence-electron chi connectivity index (χ0n) is 13.4. The van der Waals surface area contributed by atoms with Crippen LogP contribution in [0.2, 0.25) is 0 Å². The molecule has 1 saturated carbocycles. The Morgan fingerprint density at radius 2 is 1.33 bits per heavy atom. The number of carbonyl (C=O) groups excluding carboxylic acids is 1. The molecule has 2 aromatic rings. The molecule has 1 aliphatic rings. The van der Waals surface area contributed by atoms with Crippen LogP contribution in [0.15, 0.2) is 60.7 Å². The molecule has 0 radical (unpaired) electrons. The molecule has 0 aliphatic heterocycles. The molecule has 0 heterocycles. The molecule has 1 aliphatic carbocycles. The van der Waals surface area contributed by atoms with Gasteiger partial charge in [-0.25, -0.2) is 0 Å². The highest BCUT2D eigenvalue weighted by atomic mass is 16.4. The molecule has 0 amide bonds. The zero-order chi connectivity index (χ0) is 17.0. The summed E-state index contributed by atoms with van der Waals surface area (Å²) < 4.78 is 0. The average molecular weight is 319 g/mol. The molecule has 3 heteroatoms. The molecule has 0 saturated heterocycles. The van der Waals surface area contributed by atoms with E-state index in [1.165, 1.54) is 11.1 Å². The van der Waals surface area contributed by atoms with Crippen molar-refractivity contribution in [3.8, 4) is 11.8 Å². The van der Waals surface area contributed by atoms with E-state index in [2.05, 4.69) is 30.2 Å². The summed E-state index contributed by atoms with van der Waals surface area (Å²) in [6, 6.07) is 20.5. The molecular weight excluding hydrogens is 300 g/mol. The molecule has 1 N–H and O–H groups in total. The Labute approximate surface area is 142 Å². The maximum absolute atomic E-state index is 10.6. The second-order valence-electron chi connectivity index (χ2n) is 6.38. The van der Waals surface area contributed by atoms with Crippen LogP contribution in [0.5, 0.6) is 0 Å². The van der Waals surface area contributed by atoms with Crippen molar-refractivity contribution in [1.29, 1.82) is 0 Å². The summed E-state index contributed by atoms with van der Waals surface area (Å²) in [7, 11) is 0. The summed E-state index contributed by atoms with van der Waals surface area (Å²) in [4.78, 5) is 10.6. The minimum Gasteiger partial charge on any atom is -0.537 e. The van der Waals surface area contributed by atoms with Crippen molar-refractivity contribution in [3.63, 3.8) is 0 Å². The van der Waals surface area contributed by atoms with Crippen LogP contribution in [0, 0.1) is 11.8 Å². The van der Waals surface area contributed by atoms with Gasteiger partial charge in [0.15, 0.2) is 0 Å². The third-order valence-electron chi connectivity index (χ3n) is 4.98. The van der Waals surface area contributed by atoms with Crippen LogP contribution < -0.4 is 5.11 Å². The number of hydrogen-bond donors (Lipinski definition) is 1. The SMILES string of the molecule is O=C([O-])C#CC1(O)CCC(c2ccccc2)(c2ccccc2)CC1. The Bertz CT molecular complexity index is 719. The summed E-state index contributed by atoms with van der Waals surface area (Å²) in [5.41, 5.74) is 0.989. The van der Waals surface area contributed by atoms with Crippen molar-refractivity contribution in [2.24, 2.45) is 0 Å². The number of carbonyl (C=O) groups is 1. The van der Waals surface area contributed by atoms with Gasteiger partial charge in [-0.15, -0.1) is 0 Å². The molecular formula is C21H19O3-. The van der Waals surface area contributed by atoms with E-state index in [1.807, 2.05) is 42.3 Å². The summed E-state index contributed by atoms with van der Waals surface area (Å²) in [6.07, 6.45) is 2.27. The smallest absolute Gasteiger partial charge is 0.126 e. The van der Waals surface area contributed by atoms with Crippen molar-refractivity contribution in [2.45, 2.75) is 36.7 Å². The Balaban J connectivity index is 1.96. The molecule has 0 spiro atoms. The van der Waals surface area contributed by atoms with Crippen LogP contribution in [0.4, 0.5) is 0 Å². The van der Waals surface area contributed by atoms with Gasteiger partial charge in [-0.1, -0.05) is 66.6 Å². The zero-order valence-corrected chi connectivity index (χ0v) is 13.4. The fourth-order valence-corrected chi connectivity index (χ4v) is 3.64. The number of carboxylic acid groups (broad SMARTS) is 1. The summed E-state index contributed by atoms with van der Waals surface area (Å²) in [6.45, 7) is 0. The van der Waals surface area contributed by atoms with Crippen molar-refractivity contribution in [2.75, 3.05) is 0 Å². The first-order chi connectivity index (χ1) is 11.5. The van der Waals surface area contributed by atoms with Gasteiger partial charge < -0.3 is 15.0 Å². The number of aliphatic hydroxyl groups is 1. The quantitative estimate of drug-likeness (QED) is 0.862. The fourth-order valence-electron chi connectivity index (χ4n) is 3.64. The number of hydrogen-bond acceptors (Lipinski definition) is 3. The van der Waals surface area contributed by atoms with Crippen LogP contribution in [0.1, 0.15) is 36.8 Å². The van der Waals surface area contributed by atoms with Crippen LogP contribution in [0.25, 0.3) is 0 Å². The molecule has 0 unspecified atom stereocenters. The van der Waals surface area contributed by atoms with Gasteiger partial charge in [0, 0.05) is 5.41 Å². The molecule has 3 nitrogen and oxygen atoms in total. The van der Waals surface area contributed by atoms with Crippen LogP contribution in [-0.2, 0) is 10.2 Å². The minimum absolute atomic E-state index is 0.183. The Morgan fingerprint density at radius 3 is 1.75 bits per heavy atom. The normalized spacial score (nSPS) is 18.2. The van der Waals surface area contributed by atoms with Gasteiger partial charge >= 0.3 is 0 Å².